The number of hydrogen-bond donors (Lipinski definition) is 1. The molecule has 0 amide bonds. The van der Waals surface area contributed by atoms with Crippen LogP contribution in [-0.4, -0.2) is 20.7 Å². The molecule has 0 aliphatic rings. The summed E-state index contributed by atoms with van der Waals surface area (Å²) in [5.41, 5.74) is 6.60. The van der Waals surface area contributed by atoms with Crippen LogP contribution in [0, 0.1) is 0 Å². The minimum atomic E-state index is -0.454. The summed E-state index contributed by atoms with van der Waals surface area (Å²) in [5, 5.41) is 4.00. The fourth-order valence-electron chi connectivity index (χ4n) is 1.58. The molecule has 0 aliphatic carbocycles. The summed E-state index contributed by atoms with van der Waals surface area (Å²) < 4.78 is 7.41. The zero-order chi connectivity index (χ0) is 13.8. The maximum atomic E-state index is 11.9. The highest BCUT2D eigenvalue weighted by molar-refractivity contribution is 9.10. The number of esters is 1. The first-order chi connectivity index (χ1) is 9.13. The van der Waals surface area contributed by atoms with Gasteiger partial charge in [-0.2, -0.15) is 5.10 Å². The average Bonchev–Trinajstić information content (AvgIpc) is 2.86. The number of rotatable bonds is 4. The molecule has 0 saturated carbocycles. The van der Waals surface area contributed by atoms with E-state index >= 15 is 0 Å². The molecule has 100 valence electrons. The van der Waals surface area contributed by atoms with E-state index in [-0.39, 0.29) is 6.61 Å². The lowest BCUT2D eigenvalue weighted by Gasteiger charge is -2.08. The van der Waals surface area contributed by atoms with Gasteiger partial charge in [-0.05, 0) is 35.0 Å². The van der Waals surface area contributed by atoms with Gasteiger partial charge in [0.1, 0.15) is 6.33 Å². The first-order valence-electron chi connectivity index (χ1n) is 5.71. The fourth-order valence-corrected chi connectivity index (χ4v) is 2.01. The molecule has 2 rings (SSSR count). The first-order valence-corrected chi connectivity index (χ1v) is 6.50. The highest BCUT2D eigenvalue weighted by Crippen LogP contribution is 2.24. The van der Waals surface area contributed by atoms with Gasteiger partial charge in [-0.1, -0.05) is 6.07 Å². The van der Waals surface area contributed by atoms with Crippen LogP contribution in [0.5, 0.6) is 0 Å². The third kappa shape index (κ3) is 2.93. The number of nitrogens with two attached hydrogens (primary N) is 1. The molecule has 2 aromatic rings. The number of aromatic nitrogens is 3. The summed E-state index contributed by atoms with van der Waals surface area (Å²) in [7, 11) is 0. The van der Waals surface area contributed by atoms with Crippen molar-refractivity contribution in [2.75, 3.05) is 5.73 Å². The minimum absolute atomic E-state index is 0.0773. The molecule has 7 heteroatoms. The van der Waals surface area contributed by atoms with Crippen molar-refractivity contribution >= 4 is 27.6 Å². The van der Waals surface area contributed by atoms with Crippen molar-refractivity contribution in [2.45, 2.75) is 20.1 Å². The number of anilines is 1. The van der Waals surface area contributed by atoms with Gasteiger partial charge in [-0.25, -0.2) is 14.5 Å². The van der Waals surface area contributed by atoms with Crippen molar-refractivity contribution in [1.29, 1.82) is 0 Å². The summed E-state index contributed by atoms with van der Waals surface area (Å²) in [5.74, 6) is 0.153. The highest BCUT2D eigenvalue weighted by atomic mass is 79.9. The van der Waals surface area contributed by atoms with Gasteiger partial charge in [0, 0.05) is 12.2 Å². The van der Waals surface area contributed by atoms with E-state index in [2.05, 4.69) is 26.0 Å². The molecule has 1 aromatic heterocycles. The Morgan fingerprint density at radius 2 is 2.32 bits per heavy atom. The normalized spacial score (nSPS) is 10.4. The second-order valence-electron chi connectivity index (χ2n) is 3.78. The van der Waals surface area contributed by atoms with E-state index in [4.69, 9.17) is 10.5 Å². The van der Waals surface area contributed by atoms with Crippen molar-refractivity contribution < 1.29 is 9.53 Å². The molecule has 0 spiro atoms. The second kappa shape index (κ2) is 5.83. The number of aryl methyl sites for hydroxylation is 1. The van der Waals surface area contributed by atoms with Crippen LogP contribution in [-0.2, 0) is 17.9 Å². The number of nitrogens with zero attached hydrogens (tertiary/aromatic N) is 3. The molecule has 0 saturated heterocycles. The monoisotopic (exact) mass is 324 g/mol. The Morgan fingerprint density at radius 3 is 3.05 bits per heavy atom. The SMILES string of the molecule is CCn1ncnc1COC(=O)c1cccc(N)c1Br. The molecular weight excluding hydrogens is 312 g/mol. The molecule has 2 N–H and O–H groups in total. The van der Waals surface area contributed by atoms with Crippen molar-refractivity contribution in [2.24, 2.45) is 0 Å². The third-order valence-electron chi connectivity index (χ3n) is 2.58. The third-order valence-corrected chi connectivity index (χ3v) is 3.46. The molecule has 0 unspecified atom stereocenters. The lowest BCUT2D eigenvalue weighted by molar-refractivity contribution is 0.0456. The van der Waals surface area contributed by atoms with Gasteiger partial charge < -0.3 is 10.5 Å². The fraction of sp³-hybridized carbons (Fsp3) is 0.250. The Balaban J connectivity index is 2.08. The lowest BCUT2D eigenvalue weighted by atomic mass is 10.2. The lowest BCUT2D eigenvalue weighted by Crippen LogP contribution is -2.11. The second-order valence-corrected chi connectivity index (χ2v) is 4.57. The largest absolute Gasteiger partial charge is 0.454 e. The number of carbonyl (C=O) groups excluding carboxylic acids is 1. The number of ether oxygens (including phenoxy) is 1. The molecule has 0 atom stereocenters. The zero-order valence-electron chi connectivity index (χ0n) is 10.3. The summed E-state index contributed by atoms with van der Waals surface area (Å²) in [6, 6.07) is 5.05. The van der Waals surface area contributed by atoms with Gasteiger partial charge in [0.05, 0.1) is 10.0 Å². The predicted octanol–water partition coefficient (Wildman–Crippen LogP) is 2.00. The van der Waals surface area contributed by atoms with Crippen molar-refractivity contribution in [1.82, 2.24) is 14.8 Å². The van der Waals surface area contributed by atoms with E-state index in [0.29, 0.717) is 28.1 Å². The van der Waals surface area contributed by atoms with Gasteiger partial charge in [0.2, 0.25) is 0 Å². The molecule has 19 heavy (non-hydrogen) atoms. The average molecular weight is 325 g/mol. The topological polar surface area (TPSA) is 83.0 Å². The Morgan fingerprint density at radius 1 is 1.53 bits per heavy atom. The molecule has 0 bridgehead atoms. The van der Waals surface area contributed by atoms with E-state index in [9.17, 15) is 4.79 Å². The van der Waals surface area contributed by atoms with Crippen LogP contribution in [0.15, 0.2) is 29.0 Å². The van der Waals surface area contributed by atoms with Gasteiger partial charge in [-0.15, -0.1) is 0 Å². The van der Waals surface area contributed by atoms with Gasteiger partial charge >= 0.3 is 5.97 Å². The quantitative estimate of drug-likeness (QED) is 0.687. The van der Waals surface area contributed by atoms with Crippen LogP contribution < -0.4 is 5.73 Å². The Bertz CT molecular complexity index is 597. The number of halogens is 1. The summed E-state index contributed by atoms with van der Waals surface area (Å²) in [6.45, 7) is 2.69. The maximum Gasteiger partial charge on any atom is 0.339 e. The molecule has 0 aliphatic heterocycles. The molecule has 0 fully saturated rings. The number of hydrogen-bond acceptors (Lipinski definition) is 5. The Hall–Kier alpha value is -1.89. The van der Waals surface area contributed by atoms with Gasteiger partial charge in [0.15, 0.2) is 12.4 Å². The standard InChI is InChI=1S/C12H13BrN4O2/c1-2-17-10(15-7-16-17)6-19-12(18)8-4-3-5-9(14)11(8)13/h3-5,7H,2,6,14H2,1H3. The van der Waals surface area contributed by atoms with E-state index < -0.39 is 5.97 Å². The summed E-state index contributed by atoms with van der Waals surface area (Å²) in [4.78, 5) is 16.0. The molecule has 1 heterocycles. The van der Waals surface area contributed by atoms with Crippen LogP contribution in [0.25, 0.3) is 0 Å². The first kappa shape index (κ1) is 13.5. The van der Waals surface area contributed by atoms with Crippen molar-refractivity contribution in [3.05, 3.63) is 40.4 Å². The number of carbonyl (C=O) groups is 1. The van der Waals surface area contributed by atoms with E-state index in [0.717, 1.165) is 0 Å². The van der Waals surface area contributed by atoms with Crippen LogP contribution in [0.1, 0.15) is 23.1 Å². The van der Waals surface area contributed by atoms with E-state index in [1.807, 2.05) is 6.92 Å². The number of benzene rings is 1. The van der Waals surface area contributed by atoms with Crippen molar-refractivity contribution in [3.8, 4) is 0 Å². The van der Waals surface area contributed by atoms with Crippen LogP contribution >= 0.6 is 15.9 Å². The van der Waals surface area contributed by atoms with E-state index in [1.54, 1.807) is 22.9 Å². The zero-order valence-corrected chi connectivity index (χ0v) is 11.9. The van der Waals surface area contributed by atoms with Crippen LogP contribution in [0.2, 0.25) is 0 Å². The molecule has 1 aromatic carbocycles. The van der Waals surface area contributed by atoms with Crippen molar-refractivity contribution in [3.63, 3.8) is 0 Å². The van der Waals surface area contributed by atoms with Crippen LogP contribution in [0.3, 0.4) is 0 Å². The molecule has 6 nitrogen and oxygen atoms in total. The Labute approximate surface area is 118 Å². The number of nitrogen functional groups attached to an aromatic ring is 1. The highest BCUT2D eigenvalue weighted by Gasteiger charge is 2.14. The minimum Gasteiger partial charge on any atom is -0.454 e. The van der Waals surface area contributed by atoms with Crippen LogP contribution in [0.4, 0.5) is 5.69 Å². The maximum absolute atomic E-state index is 11.9. The van der Waals surface area contributed by atoms with Gasteiger partial charge in [-0.3, -0.25) is 0 Å². The summed E-state index contributed by atoms with van der Waals surface area (Å²) in [6.07, 6.45) is 1.43. The summed E-state index contributed by atoms with van der Waals surface area (Å²) >= 11 is 3.27. The predicted molar refractivity (Wildman–Crippen MR) is 73.4 cm³/mol. The molecule has 0 radical (unpaired) electrons. The Kier molecular flexibility index (Phi) is 4.16. The smallest absolute Gasteiger partial charge is 0.339 e. The molecular formula is C12H13BrN4O2. The van der Waals surface area contributed by atoms with Gasteiger partial charge in [0.25, 0.3) is 0 Å². The van der Waals surface area contributed by atoms with E-state index in [1.165, 1.54) is 6.33 Å².